The highest BCUT2D eigenvalue weighted by molar-refractivity contribution is 5.70. The zero-order valence-electron chi connectivity index (χ0n) is 12.1. The van der Waals surface area contributed by atoms with Crippen LogP contribution in [0, 0.1) is 11.3 Å². The fourth-order valence-electron chi connectivity index (χ4n) is 2.17. The van der Waals surface area contributed by atoms with E-state index >= 15 is 0 Å². The molecule has 2 heterocycles. The van der Waals surface area contributed by atoms with Gasteiger partial charge in [0.05, 0.1) is 5.69 Å². The Morgan fingerprint density at radius 3 is 2.86 bits per heavy atom. The highest BCUT2D eigenvalue weighted by atomic mass is 16.7. The van der Waals surface area contributed by atoms with Crippen LogP contribution in [-0.2, 0) is 0 Å². The Labute approximate surface area is 126 Å². The van der Waals surface area contributed by atoms with Gasteiger partial charge in [-0.2, -0.15) is 5.26 Å². The van der Waals surface area contributed by atoms with Gasteiger partial charge < -0.3 is 14.8 Å². The van der Waals surface area contributed by atoms with Gasteiger partial charge >= 0.3 is 0 Å². The first-order chi connectivity index (χ1) is 10.6. The fraction of sp³-hybridized carbons (Fsp3) is 0.267. The first-order valence-electron chi connectivity index (χ1n) is 6.79. The molecule has 0 fully saturated rings. The molecule has 0 unspecified atom stereocenters. The van der Waals surface area contributed by atoms with Crippen molar-refractivity contribution in [3.8, 4) is 28.8 Å². The van der Waals surface area contributed by atoms with Crippen molar-refractivity contribution < 1.29 is 9.47 Å². The standard InChI is InChI=1S/C15H14N4O3/c1-8(2)17-15-18-13(10(6-16)14(20)19-15)9-3-4-11-12(5-9)22-7-21-11/h3-5,8H,7H2,1-2H3,(H2,17,18,19,20). The Bertz CT molecular complexity index is 821. The van der Waals surface area contributed by atoms with Gasteiger partial charge in [0.2, 0.25) is 12.7 Å². The van der Waals surface area contributed by atoms with Crippen molar-refractivity contribution in [2.75, 3.05) is 12.1 Å². The number of hydrogen-bond donors (Lipinski definition) is 2. The molecule has 0 aliphatic carbocycles. The summed E-state index contributed by atoms with van der Waals surface area (Å²) < 4.78 is 10.6. The molecule has 0 saturated carbocycles. The van der Waals surface area contributed by atoms with E-state index in [2.05, 4.69) is 15.3 Å². The summed E-state index contributed by atoms with van der Waals surface area (Å²) in [5.41, 5.74) is 0.424. The minimum atomic E-state index is -0.478. The van der Waals surface area contributed by atoms with Crippen LogP contribution in [-0.4, -0.2) is 22.8 Å². The van der Waals surface area contributed by atoms with Crippen LogP contribution in [0.3, 0.4) is 0 Å². The SMILES string of the molecule is CC(C)Nc1nc(-c2ccc3c(c2)OCO3)c(C#N)c(=O)[nH]1. The maximum atomic E-state index is 12.1. The van der Waals surface area contributed by atoms with Crippen LogP contribution in [0.4, 0.5) is 5.95 Å². The minimum absolute atomic E-state index is 0.0341. The summed E-state index contributed by atoms with van der Waals surface area (Å²) in [5, 5.41) is 12.3. The number of aromatic nitrogens is 2. The first kappa shape index (κ1) is 13.9. The molecule has 3 rings (SSSR count). The highest BCUT2D eigenvalue weighted by Gasteiger charge is 2.18. The molecule has 1 aromatic carbocycles. The molecular formula is C15H14N4O3. The van der Waals surface area contributed by atoms with E-state index in [0.717, 1.165) is 0 Å². The lowest BCUT2D eigenvalue weighted by molar-refractivity contribution is 0.174. The molecule has 1 aliphatic rings. The Balaban J connectivity index is 2.14. The number of ether oxygens (including phenoxy) is 2. The van der Waals surface area contributed by atoms with E-state index < -0.39 is 5.56 Å². The normalized spacial score (nSPS) is 12.3. The lowest BCUT2D eigenvalue weighted by Crippen LogP contribution is -2.20. The highest BCUT2D eigenvalue weighted by Crippen LogP contribution is 2.35. The molecule has 2 aromatic rings. The predicted molar refractivity (Wildman–Crippen MR) is 79.9 cm³/mol. The number of rotatable bonds is 3. The number of H-pyrrole nitrogens is 1. The zero-order valence-corrected chi connectivity index (χ0v) is 12.1. The van der Waals surface area contributed by atoms with Gasteiger partial charge in [0.1, 0.15) is 11.6 Å². The number of nitrogens with zero attached hydrogens (tertiary/aromatic N) is 2. The van der Waals surface area contributed by atoms with Gasteiger partial charge in [-0.25, -0.2) is 4.98 Å². The maximum Gasteiger partial charge on any atom is 0.270 e. The van der Waals surface area contributed by atoms with Crippen LogP contribution < -0.4 is 20.3 Å². The van der Waals surface area contributed by atoms with Gasteiger partial charge in [0.15, 0.2) is 11.5 Å². The summed E-state index contributed by atoms with van der Waals surface area (Å²) in [4.78, 5) is 19.0. The lowest BCUT2D eigenvalue weighted by atomic mass is 10.1. The second kappa shape index (κ2) is 5.41. The molecule has 112 valence electrons. The van der Waals surface area contributed by atoms with Crippen LogP contribution in [0.2, 0.25) is 0 Å². The molecule has 0 spiro atoms. The first-order valence-corrected chi connectivity index (χ1v) is 6.79. The number of anilines is 1. The van der Waals surface area contributed by atoms with E-state index in [-0.39, 0.29) is 18.4 Å². The molecule has 0 saturated heterocycles. The van der Waals surface area contributed by atoms with Crippen molar-refractivity contribution in [3.05, 3.63) is 34.1 Å². The number of hydrogen-bond acceptors (Lipinski definition) is 6. The molecule has 1 aliphatic heterocycles. The molecule has 0 amide bonds. The molecule has 2 N–H and O–H groups in total. The number of fused-ring (bicyclic) bond motifs is 1. The summed E-state index contributed by atoms with van der Waals surface area (Å²) in [6, 6.07) is 7.19. The smallest absolute Gasteiger partial charge is 0.270 e. The van der Waals surface area contributed by atoms with Crippen LogP contribution in [0.25, 0.3) is 11.3 Å². The second-order valence-corrected chi connectivity index (χ2v) is 5.12. The third kappa shape index (κ3) is 2.46. The zero-order chi connectivity index (χ0) is 15.7. The van der Waals surface area contributed by atoms with Crippen LogP contribution in [0.5, 0.6) is 11.5 Å². The van der Waals surface area contributed by atoms with Crippen molar-refractivity contribution in [3.63, 3.8) is 0 Å². The molecule has 1 aromatic heterocycles. The monoisotopic (exact) mass is 298 g/mol. The molecule has 7 nitrogen and oxygen atoms in total. The topological polar surface area (TPSA) is 100 Å². The van der Waals surface area contributed by atoms with Crippen molar-refractivity contribution in [2.45, 2.75) is 19.9 Å². The maximum absolute atomic E-state index is 12.1. The van der Waals surface area contributed by atoms with Crippen molar-refractivity contribution >= 4 is 5.95 Å². The third-order valence-corrected chi connectivity index (χ3v) is 3.10. The lowest BCUT2D eigenvalue weighted by Gasteiger charge is -2.11. The molecule has 0 atom stereocenters. The van der Waals surface area contributed by atoms with E-state index in [1.807, 2.05) is 19.9 Å². The van der Waals surface area contributed by atoms with Crippen molar-refractivity contribution in [1.29, 1.82) is 5.26 Å². The number of nitrogens with one attached hydrogen (secondary N) is 2. The predicted octanol–water partition coefficient (Wildman–Crippen LogP) is 1.86. The average molecular weight is 298 g/mol. The van der Waals surface area contributed by atoms with E-state index in [1.54, 1.807) is 18.2 Å². The molecular weight excluding hydrogens is 284 g/mol. The van der Waals surface area contributed by atoms with Gasteiger partial charge in [-0.15, -0.1) is 0 Å². The fourth-order valence-corrected chi connectivity index (χ4v) is 2.17. The van der Waals surface area contributed by atoms with E-state index in [0.29, 0.717) is 28.7 Å². The number of aromatic amines is 1. The van der Waals surface area contributed by atoms with Crippen molar-refractivity contribution in [1.82, 2.24) is 9.97 Å². The summed E-state index contributed by atoms with van der Waals surface area (Å²) in [5.74, 6) is 1.53. The second-order valence-electron chi connectivity index (χ2n) is 5.12. The quantitative estimate of drug-likeness (QED) is 0.897. The van der Waals surface area contributed by atoms with Gasteiger partial charge in [0.25, 0.3) is 5.56 Å². The number of benzene rings is 1. The van der Waals surface area contributed by atoms with Gasteiger partial charge in [0, 0.05) is 11.6 Å². The van der Waals surface area contributed by atoms with Gasteiger partial charge in [-0.1, -0.05) is 0 Å². The molecule has 0 bridgehead atoms. The van der Waals surface area contributed by atoms with E-state index in [1.165, 1.54) is 0 Å². The Morgan fingerprint density at radius 2 is 2.14 bits per heavy atom. The minimum Gasteiger partial charge on any atom is -0.454 e. The van der Waals surface area contributed by atoms with E-state index in [9.17, 15) is 10.1 Å². The van der Waals surface area contributed by atoms with Crippen LogP contribution >= 0.6 is 0 Å². The largest absolute Gasteiger partial charge is 0.454 e. The average Bonchev–Trinajstić information content (AvgIpc) is 2.93. The van der Waals surface area contributed by atoms with Gasteiger partial charge in [-0.05, 0) is 32.0 Å². The summed E-state index contributed by atoms with van der Waals surface area (Å²) in [7, 11) is 0. The summed E-state index contributed by atoms with van der Waals surface area (Å²) in [6.07, 6.45) is 0. The summed E-state index contributed by atoms with van der Waals surface area (Å²) >= 11 is 0. The molecule has 7 heteroatoms. The van der Waals surface area contributed by atoms with E-state index in [4.69, 9.17) is 9.47 Å². The molecule has 22 heavy (non-hydrogen) atoms. The van der Waals surface area contributed by atoms with Crippen molar-refractivity contribution in [2.24, 2.45) is 0 Å². The Morgan fingerprint density at radius 1 is 1.36 bits per heavy atom. The van der Waals surface area contributed by atoms with Crippen LogP contribution in [0.15, 0.2) is 23.0 Å². The number of nitriles is 1. The molecule has 0 radical (unpaired) electrons. The van der Waals surface area contributed by atoms with Gasteiger partial charge in [-0.3, -0.25) is 9.78 Å². The Kier molecular flexibility index (Phi) is 3.43. The third-order valence-electron chi connectivity index (χ3n) is 3.10. The Hall–Kier alpha value is -3.01. The summed E-state index contributed by atoms with van der Waals surface area (Å²) in [6.45, 7) is 4.02. The van der Waals surface area contributed by atoms with Crippen LogP contribution in [0.1, 0.15) is 19.4 Å².